The van der Waals surface area contributed by atoms with Gasteiger partial charge < -0.3 is 5.73 Å². The molecular weight excluding hydrogens is 134 g/mol. The molecule has 3 nitrogen and oxygen atoms in total. The first kappa shape index (κ1) is 6.48. The van der Waals surface area contributed by atoms with Gasteiger partial charge in [0.15, 0.2) is 0 Å². The number of nitrogens with two attached hydrogens (primary N) is 1. The Morgan fingerprint density at radius 2 is 2.11 bits per heavy atom. The first-order chi connectivity index (χ1) is 4.39. The van der Waals surface area contributed by atoms with Crippen LogP contribution in [0.3, 0.4) is 0 Å². The van der Waals surface area contributed by atoms with Gasteiger partial charge >= 0.3 is 0 Å². The van der Waals surface area contributed by atoms with Gasteiger partial charge in [0.1, 0.15) is 5.51 Å². The Balaban J connectivity index is 0.000000112. The van der Waals surface area contributed by atoms with Gasteiger partial charge in [-0.05, 0) is 0 Å². The zero-order valence-corrected chi connectivity index (χ0v) is 5.90. The van der Waals surface area contributed by atoms with E-state index in [2.05, 4.69) is 10.2 Å². The number of nitrogen functional groups attached to an aromatic ring is 1. The summed E-state index contributed by atoms with van der Waals surface area (Å²) in [5.74, 6) is 0. The van der Waals surface area contributed by atoms with Gasteiger partial charge in [-0.1, -0.05) is 30.6 Å². The molecule has 1 aromatic rings. The van der Waals surface area contributed by atoms with Crippen molar-refractivity contribution in [3.05, 3.63) is 5.51 Å². The summed E-state index contributed by atoms with van der Waals surface area (Å²) in [7, 11) is 0. The van der Waals surface area contributed by atoms with Gasteiger partial charge in [-0.15, -0.1) is 10.2 Å². The standard InChI is InChI=1S/C3H6.C2H3N3S/c1-2-3-1;3-2-5-4-1-6-2/h1-3H2;1H,(H2,3,5). The molecule has 0 saturated heterocycles. The molecule has 1 aliphatic carbocycles. The molecule has 0 aromatic carbocycles. The molecule has 0 atom stereocenters. The maximum Gasteiger partial charge on any atom is 0.202 e. The maximum atomic E-state index is 5.12. The predicted octanol–water partition coefficient (Wildman–Crippen LogP) is 1.29. The molecule has 0 radical (unpaired) electrons. The topological polar surface area (TPSA) is 51.8 Å². The Morgan fingerprint density at radius 1 is 1.44 bits per heavy atom. The summed E-state index contributed by atoms with van der Waals surface area (Å²) >= 11 is 1.33. The van der Waals surface area contributed by atoms with E-state index in [1.165, 1.54) is 30.6 Å². The van der Waals surface area contributed by atoms with E-state index in [1.807, 2.05) is 0 Å². The van der Waals surface area contributed by atoms with Crippen molar-refractivity contribution in [3.63, 3.8) is 0 Å². The Bertz CT molecular complexity index is 144. The summed E-state index contributed by atoms with van der Waals surface area (Å²) in [6.07, 6.45) is 4.50. The fourth-order valence-corrected chi connectivity index (χ4v) is 0.478. The summed E-state index contributed by atoms with van der Waals surface area (Å²) in [5.41, 5.74) is 6.72. The fourth-order valence-electron chi connectivity index (χ4n) is 0.182. The summed E-state index contributed by atoms with van der Waals surface area (Å²) < 4.78 is 0. The minimum Gasteiger partial charge on any atom is -0.374 e. The highest BCUT2D eigenvalue weighted by atomic mass is 32.1. The molecular formula is C5H9N3S. The van der Waals surface area contributed by atoms with Crippen LogP contribution in [0, 0.1) is 0 Å². The molecule has 0 aliphatic heterocycles. The Morgan fingerprint density at radius 3 is 2.22 bits per heavy atom. The van der Waals surface area contributed by atoms with Gasteiger partial charge in [0.2, 0.25) is 5.13 Å². The zero-order valence-electron chi connectivity index (χ0n) is 5.08. The van der Waals surface area contributed by atoms with Gasteiger partial charge in [-0.2, -0.15) is 0 Å². The minimum absolute atomic E-state index is 0.523. The smallest absolute Gasteiger partial charge is 0.202 e. The van der Waals surface area contributed by atoms with E-state index in [1.54, 1.807) is 5.51 Å². The molecule has 2 rings (SSSR count). The largest absolute Gasteiger partial charge is 0.374 e. The van der Waals surface area contributed by atoms with Crippen molar-refractivity contribution in [2.75, 3.05) is 5.73 Å². The molecule has 0 bridgehead atoms. The normalized spacial score (nSPS) is 13.8. The Hall–Kier alpha value is -0.640. The lowest BCUT2D eigenvalue weighted by Gasteiger charge is -1.64. The number of hydrogen-bond donors (Lipinski definition) is 1. The van der Waals surface area contributed by atoms with E-state index in [0.29, 0.717) is 5.13 Å². The van der Waals surface area contributed by atoms with Crippen molar-refractivity contribution < 1.29 is 0 Å². The van der Waals surface area contributed by atoms with Gasteiger partial charge in [0.05, 0.1) is 0 Å². The number of rotatable bonds is 0. The van der Waals surface area contributed by atoms with E-state index >= 15 is 0 Å². The molecule has 50 valence electrons. The van der Waals surface area contributed by atoms with Crippen molar-refractivity contribution in [1.82, 2.24) is 10.2 Å². The molecule has 9 heavy (non-hydrogen) atoms. The van der Waals surface area contributed by atoms with E-state index in [9.17, 15) is 0 Å². The second kappa shape index (κ2) is 3.40. The van der Waals surface area contributed by atoms with Gasteiger partial charge in [0, 0.05) is 0 Å². The van der Waals surface area contributed by atoms with Crippen LogP contribution in [0.15, 0.2) is 5.51 Å². The van der Waals surface area contributed by atoms with Crippen molar-refractivity contribution in [3.8, 4) is 0 Å². The van der Waals surface area contributed by atoms with E-state index in [0.717, 1.165) is 0 Å². The molecule has 1 heterocycles. The van der Waals surface area contributed by atoms with Gasteiger partial charge in [0.25, 0.3) is 0 Å². The van der Waals surface area contributed by atoms with Crippen LogP contribution in [0.1, 0.15) is 19.3 Å². The second-order valence-electron chi connectivity index (χ2n) is 1.84. The third kappa shape index (κ3) is 3.90. The molecule has 1 saturated carbocycles. The van der Waals surface area contributed by atoms with Crippen molar-refractivity contribution >= 4 is 16.5 Å². The lowest BCUT2D eigenvalue weighted by atomic mass is 11.0. The van der Waals surface area contributed by atoms with Gasteiger partial charge in [-0.25, -0.2) is 0 Å². The molecule has 1 aliphatic rings. The molecule has 2 N–H and O–H groups in total. The first-order valence-corrected chi connectivity index (χ1v) is 3.79. The SMILES string of the molecule is C1CC1.Nc1nncs1. The molecule has 0 unspecified atom stereocenters. The van der Waals surface area contributed by atoms with Crippen LogP contribution in [-0.4, -0.2) is 10.2 Å². The number of anilines is 1. The molecule has 1 aromatic heterocycles. The number of aromatic nitrogens is 2. The highest BCUT2D eigenvalue weighted by molar-refractivity contribution is 7.13. The summed E-state index contributed by atoms with van der Waals surface area (Å²) in [5, 5.41) is 7.45. The molecule has 0 amide bonds. The maximum absolute atomic E-state index is 5.12. The average molecular weight is 143 g/mol. The fraction of sp³-hybridized carbons (Fsp3) is 0.600. The van der Waals surface area contributed by atoms with Crippen LogP contribution in [0.5, 0.6) is 0 Å². The van der Waals surface area contributed by atoms with E-state index < -0.39 is 0 Å². The average Bonchev–Trinajstić information content (AvgIpc) is 2.64. The van der Waals surface area contributed by atoms with Crippen LogP contribution in [0.2, 0.25) is 0 Å². The molecule has 4 heteroatoms. The predicted molar refractivity (Wildman–Crippen MR) is 38.2 cm³/mol. The quantitative estimate of drug-likeness (QED) is 0.595. The van der Waals surface area contributed by atoms with E-state index in [-0.39, 0.29) is 0 Å². The molecule has 1 fully saturated rings. The highest BCUT2D eigenvalue weighted by Gasteiger charge is 1.95. The third-order valence-electron chi connectivity index (χ3n) is 0.730. The Kier molecular flexibility index (Phi) is 2.45. The van der Waals surface area contributed by atoms with Crippen LogP contribution in [0.4, 0.5) is 5.13 Å². The summed E-state index contributed by atoms with van der Waals surface area (Å²) in [6, 6.07) is 0. The van der Waals surface area contributed by atoms with Crippen molar-refractivity contribution in [2.45, 2.75) is 19.3 Å². The van der Waals surface area contributed by atoms with Crippen molar-refractivity contribution in [2.24, 2.45) is 0 Å². The van der Waals surface area contributed by atoms with E-state index in [4.69, 9.17) is 5.73 Å². The number of hydrogen-bond acceptors (Lipinski definition) is 4. The first-order valence-electron chi connectivity index (χ1n) is 2.91. The Labute approximate surface area is 57.9 Å². The second-order valence-corrected chi connectivity index (χ2v) is 2.70. The van der Waals surface area contributed by atoms with Crippen LogP contribution in [0.25, 0.3) is 0 Å². The third-order valence-corrected chi connectivity index (χ3v) is 1.25. The molecule has 0 spiro atoms. The number of nitrogens with zero attached hydrogens (tertiary/aromatic N) is 2. The minimum atomic E-state index is 0.523. The summed E-state index contributed by atoms with van der Waals surface area (Å²) in [6.45, 7) is 0. The van der Waals surface area contributed by atoms with Gasteiger partial charge in [-0.3, -0.25) is 0 Å². The lowest BCUT2D eigenvalue weighted by Crippen LogP contribution is -1.79. The monoisotopic (exact) mass is 143 g/mol. The van der Waals surface area contributed by atoms with Crippen molar-refractivity contribution in [1.29, 1.82) is 0 Å². The lowest BCUT2D eigenvalue weighted by molar-refractivity contribution is 1.10. The highest BCUT2D eigenvalue weighted by Crippen LogP contribution is 2.14. The zero-order chi connectivity index (χ0) is 6.53. The summed E-state index contributed by atoms with van der Waals surface area (Å²) in [4.78, 5) is 0. The van der Waals surface area contributed by atoms with Crippen LogP contribution >= 0.6 is 11.3 Å². The van der Waals surface area contributed by atoms with Crippen LogP contribution in [-0.2, 0) is 0 Å². The van der Waals surface area contributed by atoms with Crippen LogP contribution < -0.4 is 5.73 Å².